The predicted octanol–water partition coefficient (Wildman–Crippen LogP) is 3.50. The van der Waals surface area contributed by atoms with Crippen molar-refractivity contribution in [1.82, 2.24) is 5.32 Å². The van der Waals surface area contributed by atoms with Gasteiger partial charge in [0, 0.05) is 11.3 Å². The van der Waals surface area contributed by atoms with Crippen molar-refractivity contribution < 1.29 is 19.1 Å². The van der Waals surface area contributed by atoms with Gasteiger partial charge >= 0.3 is 5.97 Å². The minimum absolute atomic E-state index is 0.315. The molecule has 0 fully saturated rings. The number of esters is 1. The van der Waals surface area contributed by atoms with Gasteiger partial charge in [-0.3, -0.25) is 14.4 Å². The van der Waals surface area contributed by atoms with Crippen molar-refractivity contribution in [3.8, 4) is 0 Å². The van der Waals surface area contributed by atoms with Gasteiger partial charge in [-0.15, -0.1) is 0 Å². The summed E-state index contributed by atoms with van der Waals surface area (Å²) < 4.78 is 5.12. The van der Waals surface area contributed by atoms with Crippen molar-refractivity contribution in [3.05, 3.63) is 102 Å². The van der Waals surface area contributed by atoms with Gasteiger partial charge in [-0.25, -0.2) is 0 Å². The maximum Gasteiger partial charge on any atom is 0.325 e. The summed E-state index contributed by atoms with van der Waals surface area (Å²) in [5.41, 5.74) is 3.14. The Balaban J connectivity index is 1.59. The summed E-state index contributed by atoms with van der Waals surface area (Å²) in [5, 5.41) is 2.49. The van der Waals surface area contributed by atoms with Crippen LogP contribution in [-0.4, -0.2) is 30.9 Å². The topological polar surface area (TPSA) is 75.7 Å². The Hall–Kier alpha value is -3.93. The highest BCUT2D eigenvalue weighted by Gasteiger charge is 2.19. The number of benzene rings is 3. The van der Waals surface area contributed by atoms with E-state index in [0.717, 1.165) is 16.8 Å². The number of carbonyl (C=O) groups excluding carboxylic acids is 3. The third kappa shape index (κ3) is 6.54. The number of rotatable bonds is 8. The van der Waals surface area contributed by atoms with E-state index in [0.29, 0.717) is 12.1 Å². The lowest BCUT2D eigenvalue weighted by Gasteiger charge is -2.23. The molecular formula is C25H24N2O4. The van der Waals surface area contributed by atoms with Crippen LogP contribution in [0.15, 0.2) is 84.9 Å². The van der Waals surface area contributed by atoms with Crippen molar-refractivity contribution in [2.45, 2.75) is 13.5 Å². The van der Waals surface area contributed by atoms with Gasteiger partial charge in [-0.2, -0.15) is 0 Å². The Morgan fingerprint density at radius 1 is 0.871 bits per heavy atom. The lowest BCUT2D eigenvalue weighted by atomic mass is 10.1. The molecule has 0 aliphatic rings. The number of nitrogens with zero attached hydrogens (tertiary/aromatic N) is 1. The first-order valence-corrected chi connectivity index (χ1v) is 9.93. The summed E-state index contributed by atoms with van der Waals surface area (Å²) in [7, 11) is 0. The molecule has 1 N–H and O–H groups in total. The molecule has 158 valence electrons. The molecule has 2 amide bonds. The van der Waals surface area contributed by atoms with Gasteiger partial charge in [0.05, 0.1) is 6.54 Å². The minimum Gasteiger partial charge on any atom is -0.454 e. The average molecular weight is 416 g/mol. The number of ether oxygens (including phenoxy) is 1. The monoisotopic (exact) mass is 416 g/mol. The van der Waals surface area contributed by atoms with E-state index >= 15 is 0 Å². The summed E-state index contributed by atoms with van der Waals surface area (Å²) >= 11 is 0. The van der Waals surface area contributed by atoms with Gasteiger partial charge in [0.1, 0.15) is 6.54 Å². The Bertz CT molecular complexity index is 1040. The first kappa shape index (κ1) is 21.8. The van der Waals surface area contributed by atoms with Crippen LogP contribution in [-0.2, 0) is 20.9 Å². The Labute approximate surface area is 181 Å². The molecule has 0 saturated heterocycles. The van der Waals surface area contributed by atoms with Crippen molar-refractivity contribution >= 4 is 23.5 Å². The fraction of sp³-hybridized carbons (Fsp3) is 0.160. The lowest BCUT2D eigenvalue weighted by molar-refractivity contribution is -0.146. The summed E-state index contributed by atoms with van der Waals surface area (Å²) in [5.74, 6) is -1.41. The van der Waals surface area contributed by atoms with Crippen LogP contribution < -0.4 is 10.2 Å². The van der Waals surface area contributed by atoms with Crippen molar-refractivity contribution in [3.63, 3.8) is 0 Å². The largest absolute Gasteiger partial charge is 0.454 e. The van der Waals surface area contributed by atoms with E-state index in [9.17, 15) is 14.4 Å². The van der Waals surface area contributed by atoms with Gasteiger partial charge in [-0.1, -0.05) is 60.7 Å². The van der Waals surface area contributed by atoms with E-state index in [1.54, 1.807) is 35.2 Å². The highest BCUT2D eigenvalue weighted by atomic mass is 16.5. The van der Waals surface area contributed by atoms with Crippen LogP contribution in [0.3, 0.4) is 0 Å². The quantitative estimate of drug-likeness (QED) is 0.571. The summed E-state index contributed by atoms with van der Waals surface area (Å²) in [6.45, 7) is 1.57. The molecule has 0 bridgehead atoms. The molecule has 0 unspecified atom stereocenters. The predicted molar refractivity (Wildman–Crippen MR) is 119 cm³/mol. The van der Waals surface area contributed by atoms with E-state index in [1.165, 1.54) is 0 Å². The number of hydrogen-bond acceptors (Lipinski definition) is 4. The number of hydrogen-bond donors (Lipinski definition) is 1. The third-order valence-electron chi connectivity index (χ3n) is 4.58. The number of carbonyl (C=O) groups is 3. The van der Waals surface area contributed by atoms with Crippen LogP contribution in [0, 0.1) is 6.92 Å². The molecule has 3 aromatic carbocycles. The maximum absolute atomic E-state index is 12.9. The van der Waals surface area contributed by atoms with Gasteiger partial charge in [0.25, 0.3) is 11.8 Å². The number of nitrogens with one attached hydrogen (secondary N) is 1. The van der Waals surface area contributed by atoms with Gasteiger partial charge in [-0.05, 0) is 42.3 Å². The first-order valence-electron chi connectivity index (χ1n) is 9.93. The van der Waals surface area contributed by atoms with Crippen LogP contribution in [0.25, 0.3) is 0 Å². The molecule has 0 aliphatic heterocycles. The van der Waals surface area contributed by atoms with Crippen LogP contribution in [0.2, 0.25) is 0 Å². The molecule has 0 saturated carbocycles. The van der Waals surface area contributed by atoms with Crippen LogP contribution >= 0.6 is 0 Å². The number of anilines is 1. The summed E-state index contributed by atoms with van der Waals surface area (Å²) in [6.07, 6.45) is 0. The second-order valence-corrected chi connectivity index (χ2v) is 7.01. The van der Waals surface area contributed by atoms with Crippen LogP contribution in [0.1, 0.15) is 21.5 Å². The molecule has 0 atom stereocenters. The first-order chi connectivity index (χ1) is 15.0. The summed E-state index contributed by atoms with van der Waals surface area (Å²) in [4.78, 5) is 38.5. The normalized spacial score (nSPS) is 10.2. The Morgan fingerprint density at radius 2 is 1.55 bits per heavy atom. The average Bonchev–Trinajstić information content (AvgIpc) is 2.80. The van der Waals surface area contributed by atoms with Crippen molar-refractivity contribution in [2.75, 3.05) is 18.1 Å². The van der Waals surface area contributed by atoms with E-state index < -0.39 is 12.6 Å². The van der Waals surface area contributed by atoms with Gasteiger partial charge in [0.15, 0.2) is 6.61 Å². The molecule has 0 aromatic heterocycles. The molecule has 3 rings (SSSR count). The fourth-order valence-corrected chi connectivity index (χ4v) is 3.00. The lowest BCUT2D eigenvalue weighted by Crippen LogP contribution is -2.36. The molecule has 0 radical (unpaired) electrons. The molecule has 6 heteroatoms. The second-order valence-electron chi connectivity index (χ2n) is 7.01. The maximum atomic E-state index is 12.9. The zero-order valence-corrected chi connectivity index (χ0v) is 17.3. The molecule has 0 aliphatic carbocycles. The van der Waals surface area contributed by atoms with Gasteiger partial charge < -0.3 is 15.0 Å². The molecular weight excluding hydrogens is 392 g/mol. The van der Waals surface area contributed by atoms with Crippen LogP contribution in [0.5, 0.6) is 0 Å². The van der Waals surface area contributed by atoms with E-state index in [1.807, 2.05) is 61.5 Å². The molecule has 0 spiro atoms. The second kappa shape index (κ2) is 10.7. The number of aryl methyl sites for hydroxylation is 1. The van der Waals surface area contributed by atoms with Crippen molar-refractivity contribution in [2.24, 2.45) is 0 Å². The van der Waals surface area contributed by atoms with Gasteiger partial charge in [0.2, 0.25) is 0 Å². The zero-order valence-electron chi connectivity index (χ0n) is 17.3. The van der Waals surface area contributed by atoms with E-state index in [2.05, 4.69) is 5.32 Å². The zero-order chi connectivity index (χ0) is 22.1. The van der Waals surface area contributed by atoms with E-state index in [4.69, 9.17) is 4.74 Å². The fourth-order valence-electron chi connectivity index (χ4n) is 3.00. The third-order valence-corrected chi connectivity index (χ3v) is 4.58. The SMILES string of the molecule is Cc1cccc(N(Cc2ccccc2)C(=O)COC(=O)CNC(=O)c2ccccc2)c1. The molecule has 3 aromatic rings. The molecule has 31 heavy (non-hydrogen) atoms. The minimum atomic E-state index is -0.679. The van der Waals surface area contributed by atoms with Crippen molar-refractivity contribution in [1.29, 1.82) is 0 Å². The Morgan fingerprint density at radius 3 is 2.23 bits per heavy atom. The Kier molecular flexibility index (Phi) is 7.54. The number of amides is 2. The smallest absolute Gasteiger partial charge is 0.325 e. The molecule has 6 nitrogen and oxygen atoms in total. The molecule has 0 heterocycles. The highest BCUT2D eigenvalue weighted by molar-refractivity contribution is 5.97. The summed E-state index contributed by atoms with van der Waals surface area (Å²) in [6, 6.07) is 25.7. The standard InChI is InChI=1S/C25H24N2O4/c1-19-9-8-14-22(15-19)27(17-20-10-4-2-5-11-20)23(28)18-31-24(29)16-26-25(30)21-12-6-3-7-13-21/h2-15H,16-18H2,1H3,(H,26,30). The van der Waals surface area contributed by atoms with E-state index in [-0.39, 0.29) is 18.4 Å². The van der Waals surface area contributed by atoms with Crippen LogP contribution in [0.4, 0.5) is 5.69 Å². The highest BCUT2D eigenvalue weighted by Crippen LogP contribution is 2.19.